The van der Waals surface area contributed by atoms with Crippen LogP contribution in [0.25, 0.3) is 87.3 Å². The van der Waals surface area contributed by atoms with Gasteiger partial charge < -0.3 is 18.9 Å². The highest BCUT2D eigenvalue weighted by Crippen LogP contribution is 2.53. The van der Waals surface area contributed by atoms with Crippen molar-refractivity contribution < 1.29 is 0 Å². The fourth-order valence-corrected chi connectivity index (χ4v) is 16.4. The first-order chi connectivity index (χ1) is 41.8. The molecule has 414 valence electrons. The molecule has 0 saturated heterocycles. The number of nitrogens with zero attached hydrogens (tertiary/aromatic N) is 4. The van der Waals surface area contributed by atoms with Crippen molar-refractivity contribution in [3.63, 3.8) is 0 Å². The van der Waals surface area contributed by atoms with Gasteiger partial charge in [0.2, 0.25) is 0 Å². The topological polar surface area (TPSA) is 16.3 Å². The van der Waals surface area contributed by atoms with Crippen LogP contribution in [-0.2, 0) is 16.2 Å². The Kier molecular flexibility index (Phi) is 11.0. The molecular weight excluding hydrogens is 1060 g/mol. The number of fused-ring (bicyclic) bond motifs is 13. The quantitative estimate of drug-likeness (QED) is 0.148. The molecule has 0 atom stereocenters. The fourth-order valence-electron chi connectivity index (χ4n) is 15.1. The Bertz CT molecular complexity index is 5000. The van der Waals surface area contributed by atoms with Crippen molar-refractivity contribution in [2.45, 2.75) is 77.6 Å². The molecule has 11 aromatic carbocycles. The van der Waals surface area contributed by atoms with Crippen LogP contribution in [0.1, 0.15) is 78.0 Å². The third kappa shape index (κ3) is 7.61. The zero-order valence-electron chi connectivity index (χ0n) is 49.8. The lowest BCUT2D eigenvalue weighted by Gasteiger charge is -2.44. The van der Waals surface area contributed by atoms with Gasteiger partial charge in [-0.25, -0.2) is 0 Å². The molecular formula is C80H65BN4S. The molecule has 0 N–H and O–H groups in total. The van der Waals surface area contributed by atoms with Crippen LogP contribution in [0.5, 0.6) is 0 Å². The summed E-state index contributed by atoms with van der Waals surface area (Å²) in [6.45, 7) is 16.9. The molecule has 0 fully saturated rings. The molecule has 3 aliphatic rings. The molecule has 14 aromatic rings. The fraction of sp³-hybridized carbons (Fsp3) is 0.150. The summed E-state index contributed by atoms with van der Waals surface area (Å²) >= 11 is 1.99. The number of hydrogen-bond donors (Lipinski definition) is 0. The van der Waals surface area contributed by atoms with Crippen LogP contribution in [0.3, 0.4) is 0 Å². The van der Waals surface area contributed by atoms with E-state index in [1.807, 2.05) is 11.3 Å². The molecule has 6 heteroatoms. The van der Waals surface area contributed by atoms with Crippen LogP contribution < -0.4 is 25.5 Å². The molecule has 3 aromatic heterocycles. The molecule has 1 aliphatic carbocycles. The first-order valence-corrected chi connectivity index (χ1v) is 31.5. The van der Waals surface area contributed by atoms with E-state index in [9.17, 15) is 0 Å². The number of hydrogen-bond acceptors (Lipinski definition) is 3. The van der Waals surface area contributed by atoms with Crippen molar-refractivity contribution in [2.24, 2.45) is 0 Å². The second kappa shape index (κ2) is 18.6. The normalized spacial score (nSPS) is 14.7. The van der Waals surface area contributed by atoms with Crippen LogP contribution in [0, 0.1) is 0 Å². The van der Waals surface area contributed by atoms with E-state index in [2.05, 4.69) is 310 Å². The summed E-state index contributed by atoms with van der Waals surface area (Å²) in [5.41, 5.74) is 25.9. The van der Waals surface area contributed by atoms with Gasteiger partial charge in [0, 0.05) is 76.0 Å². The molecule has 4 nitrogen and oxygen atoms in total. The Hall–Kier alpha value is -9.36. The third-order valence-electron chi connectivity index (χ3n) is 19.7. The highest BCUT2D eigenvalue weighted by molar-refractivity contribution is 7.33. The molecule has 0 unspecified atom stereocenters. The van der Waals surface area contributed by atoms with Gasteiger partial charge in [0.1, 0.15) is 0 Å². The number of benzene rings is 11. The van der Waals surface area contributed by atoms with Crippen LogP contribution in [-0.4, -0.2) is 15.8 Å². The van der Waals surface area contributed by atoms with Gasteiger partial charge in [-0.05, 0) is 170 Å². The number of para-hydroxylation sites is 3. The standard InChI is InChI=1S/C80H65BN4S/c1-78(2,3)54-34-41-73-64(44-54)76-77(86-73)81-67-28-19-27-61-63-48-62-60-26-17-18-29-68(60)83(55-24-15-10-16-25-55)69(62)49-70(63)85(75(61)67)72-47-59(46-71(74(72)81)84(76)58-39-40-65-66(45-58)80(6,7)43-42-79(65,4)5)82(56-35-30-52(31-36-56)50-20-11-8-12-21-50)57-37-32-53(33-38-57)51-22-13-9-14-23-51/h8-41,44-49H,42-43H2,1-7H3. The maximum Gasteiger partial charge on any atom is 0.264 e. The zero-order chi connectivity index (χ0) is 58.0. The highest BCUT2D eigenvalue weighted by atomic mass is 32.1. The second-order valence-electron chi connectivity index (χ2n) is 26.8. The number of anilines is 6. The Balaban J connectivity index is 1.02. The van der Waals surface area contributed by atoms with E-state index in [0.717, 1.165) is 35.6 Å². The van der Waals surface area contributed by atoms with Gasteiger partial charge in [0.15, 0.2) is 0 Å². The van der Waals surface area contributed by atoms with Gasteiger partial charge in [0.25, 0.3) is 6.71 Å². The average molecular weight is 1130 g/mol. The van der Waals surface area contributed by atoms with Gasteiger partial charge in [-0.1, -0.05) is 200 Å². The molecule has 0 amide bonds. The second-order valence-corrected chi connectivity index (χ2v) is 27.8. The van der Waals surface area contributed by atoms with Gasteiger partial charge >= 0.3 is 0 Å². The first kappa shape index (κ1) is 51.1. The van der Waals surface area contributed by atoms with Crippen molar-refractivity contribution in [1.82, 2.24) is 9.13 Å². The van der Waals surface area contributed by atoms with Crippen molar-refractivity contribution in [3.8, 4) is 33.6 Å². The minimum atomic E-state index is -0.0525. The van der Waals surface area contributed by atoms with E-state index < -0.39 is 0 Å². The third-order valence-corrected chi connectivity index (χ3v) is 20.9. The lowest BCUT2D eigenvalue weighted by atomic mass is 9.36. The summed E-state index contributed by atoms with van der Waals surface area (Å²) in [7, 11) is 0. The molecule has 0 bridgehead atoms. The summed E-state index contributed by atoms with van der Waals surface area (Å²) in [5.74, 6) is 0. The minimum Gasteiger partial charge on any atom is -0.310 e. The Morgan fingerprint density at radius 1 is 0.430 bits per heavy atom. The van der Waals surface area contributed by atoms with Crippen molar-refractivity contribution in [1.29, 1.82) is 0 Å². The number of aromatic nitrogens is 2. The SMILES string of the molecule is CC(C)(C)c1ccc2sc3c(c2c1)N(c1ccc2c(c1)C(C)(C)CCC2(C)C)c1cc(N(c2ccc(-c4ccccc4)cc2)c2ccc(-c4ccccc4)cc2)cc2c1B3c1cccc3c4cc5c6ccccc6n(-c6ccccc6)c5cc4n-2c13. The summed E-state index contributed by atoms with van der Waals surface area (Å²) < 4.78 is 7.86. The smallest absolute Gasteiger partial charge is 0.264 e. The number of rotatable bonds is 7. The Morgan fingerprint density at radius 2 is 1.01 bits per heavy atom. The molecule has 5 heterocycles. The monoisotopic (exact) mass is 1120 g/mol. The summed E-state index contributed by atoms with van der Waals surface area (Å²) in [4.78, 5) is 5.23. The predicted molar refractivity (Wildman–Crippen MR) is 369 cm³/mol. The minimum absolute atomic E-state index is 0.00378. The molecule has 17 rings (SSSR count). The van der Waals surface area contributed by atoms with Gasteiger partial charge in [0.05, 0.1) is 27.9 Å². The van der Waals surface area contributed by atoms with Crippen LogP contribution in [0.15, 0.2) is 243 Å². The van der Waals surface area contributed by atoms with Gasteiger partial charge in [-0.2, -0.15) is 0 Å². The lowest BCUT2D eigenvalue weighted by Crippen LogP contribution is -2.59. The first-order valence-electron chi connectivity index (χ1n) is 30.6. The highest BCUT2D eigenvalue weighted by Gasteiger charge is 2.46. The summed E-state index contributed by atoms with van der Waals surface area (Å²) in [5, 5.41) is 6.36. The maximum atomic E-state index is 2.72. The maximum absolute atomic E-state index is 2.72. The van der Waals surface area contributed by atoms with Crippen LogP contribution in [0.4, 0.5) is 34.1 Å². The van der Waals surface area contributed by atoms with Crippen LogP contribution in [0.2, 0.25) is 0 Å². The van der Waals surface area contributed by atoms with Crippen LogP contribution >= 0.6 is 11.3 Å². The van der Waals surface area contributed by atoms with E-state index in [0.29, 0.717) is 0 Å². The van der Waals surface area contributed by atoms with E-state index in [-0.39, 0.29) is 23.0 Å². The van der Waals surface area contributed by atoms with E-state index in [4.69, 9.17) is 0 Å². The Morgan fingerprint density at radius 3 is 1.69 bits per heavy atom. The van der Waals surface area contributed by atoms with Gasteiger partial charge in [-0.3, -0.25) is 0 Å². The molecule has 0 spiro atoms. The van der Waals surface area contributed by atoms with Crippen molar-refractivity contribution >= 4 is 122 Å². The summed E-state index contributed by atoms with van der Waals surface area (Å²) in [6, 6.07) is 92.1. The van der Waals surface area contributed by atoms with E-state index in [1.165, 1.54) is 131 Å². The molecule has 0 radical (unpaired) electrons. The van der Waals surface area contributed by atoms with E-state index in [1.54, 1.807) is 0 Å². The predicted octanol–water partition coefficient (Wildman–Crippen LogP) is 20.2. The zero-order valence-corrected chi connectivity index (χ0v) is 50.6. The largest absolute Gasteiger partial charge is 0.310 e. The molecule has 86 heavy (non-hydrogen) atoms. The van der Waals surface area contributed by atoms with Crippen molar-refractivity contribution in [2.75, 3.05) is 9.80 Å². The molecule has 0 saturated carbocycles. The lowest BCUT2D eigenvalue weighted by molar-refractivity contribution is 0.332. The van der Waals surface area contributed by atoms with Crippen molar-refractivity contribution in [3.05, 3.63) is 259 Å². The summed E-state index contributed by atoms with van der Waals surface area (Å²) in [6.07, 6.45) is 2.30. The molecule has 2 aliphatic heterocycles. The number of thiophene rings is 1. The van der Waals surface area contributed by atoms with Gasteiger partial charge in [-0.15, -0.1) is 11.3 Å². The Labute approximate surface area is 507 Å². The average Bonchev–Trinajstić information content (AvgIpc) is 1.47. The van der Waals surface area contributed by atoms with E-state index >= 15 is 0 Å².